The largest absolute Gasteiger partial charge is 0.453 e. The molecule has 1 aromatic carbocycles. The maximum absolute atomic E-state index is 12.0. The van der Waals surface area contributed by atoms with Crippen molar-refractivity contribution in [2.45, 2.75) is 23.9 Å². The number of allylic oxidation sites excluding steroid dienone is 1. The number of benzene rings is 1. The summed E-state index contributed by atoms with van der Waals surface area (Å²) in [6.45, 7) is 5.88. The zero-order chi connectivity index (χ0) is 18.4. The van der Waals surface area contributed by atoms with E-state index in [2.05, 4.69) is 26.8 Å². The number of thioether (sulfide) groups is 1. The van der Waals surface area contributed by atoms with E-state index in [-0.39, 0.29) is 0 Å². The van der Waals surface area contributed by atoms with Crippen molar-refractivity contribution in [2.75, 3.05) is 7.11 Å². The number of carbonyl (C=O) groups is 2. The minimum atomic E-state index is -0.799. The van der Waals surface area contributed by atoms with Crippen LogP contribution in [0.3, 0.4) is 0 Å². The summed E-state index contributed by atoms with van der Waals surface area (Å²) in [6, 6.07) is 7.22. The van der Waals surface area contributed by atoms with Crippen molar-refractivity contribution in [3.8, 4) is 11.4 Å². The first-order chi connectivity index (χ1) is 12.0. The summed E-state index contributed by atoms with van der Waals surface area (Å²) in [5, 5.41) is 11.1. The minimum absolute atomic E-state index is 0.471. The van der Waals surface area contributed by atoms with Crippen LogP contribution in [0.1, 0.15) is 6.92 Å². The van der Waals surface area contributed by atoms with Crippen LogP contribution >= 0.6 is 23.4 Å². The van der Waals surface area contributed by atoms with E-state index in [9.17, 15) is 9.59 Å². The van der Waals surface area contributed by atoms with Gasteiger partial charge in [0.15, 0.2) is 11.0 Å². The summed E-state index contributed by atoms with van der Waals surface area (Å²) in [5.41, 5.74) is 0.845. The molecule has 1 heterocycles. The Morgan fingerprint density at radius 3 is 2.68 bits per heavy atom. The van der Waals surface area contributed by atoms with Gasteiger partial charge in [-0.1, -0.05) is 29.4 Å². The molecule has 0 bridgehead atoms. The van der Waals surface area contributed by atoms with Gasteiger partial charge >= 0.3 is 6.09 Å². The summed E-state index contributed by atoms with van der Waals surface area (Å²) in [4.78, 5) is 23.1. The second-order valence-electron chi connectivity index (χ2n) is 4.95. The molecule has 9 heteroatoms. The number of hydrogen-bond acceptors (Lipinski definition) is 6. The van der Waals surface area contributed by atoms with E-state index < -0.39 is 17.3 Å². The maximum Gasteiger partial charge on any atom is 0.413 e. The molecule has 1 atom stereocenters. The van der Waals surface area contributed by atoms with Gasteiger partial charge in [-0.2, -0.15) is 0 Å². The Morgan fingerprint density at radius 2 is 2.08 bits per heavy atom. The summed E-state index contributed by atoms with van der Waals surface area (Å²) < 4.78 is 6.25. The van der Waals surface area contributed by atoms with Gasteiger partial charge < -0.3 is 4.74 Å². The van der Waals surface area contributed by atoms with Crippen LogP contribution in [0.15, 0.2) is 42.1 Å². The van der Waals surface area contributed by atoms with Gasteiger partial charge in [0.25, 0.3) is 0 Å². The van der Waals surface area contributed by atoms with E-state index in [4.69, 9.17) is 11.6 Å². The number of rotatable bonds is 6. The number of amides is 2. The molecule has 7 nitrogen and oxygen atoms in total. The molecule has 25 heavy (non-hydrogen) atoms. The number of nitrogens with one attached hydrogen (secondary N) is 1. The van der Waals surface area contributed by atoms with Crippen molar-refractivity contribution < 1.29 is 14.3 Å². The van der Waals surface area contributed by atoms with Crippen LogP contribution in [0, 0.1) is 0 Å². The van der Waals surface area contributed by atoms with Crippen molar-refractivity contribution >= 4 is 35.4 Å². The molecule has 2 rings (SSSR count). The van der Waals surface area contributed by atoms with Crippen molar-refractivity contribution in [3.05, 3.63) is 41.9 Å². The van der Waals surface area contributed by atoms with Gasteiger partial charge in [0.05, 0.1) is 12.4 Å². The third kappa shape index (κ3) is 4.83. The highest BCUT2D eigenvalue weighted by atomic mass is 35.5. The van der Waals surface area contributed by atoms with Gasteiger partial charge in [-0.05, 0) is 31.2 Å². The van der Waals surface area contributed by atoms with E-state index in [1.54, 1.807) is 25.1 Å². The number of halogens is 1. The molecule has 0 saturated carbocycles. The molecule has 0 saturated heterocycles. The molecule has 0 aliphatic carbocycles. The molecule has 0 aliphatic rings. The molecule has 132 valence electrons. The molecule has 0 aliphatic heterocycles. The number of imide groups is 1. The average Bonchev–Trinajstić information content (AvgIpc) is 2.98. The Balaban J connectivity index is 2.23. The van der Waals surface area contributed by atoms with Crippen LogP contribution < -0.4 is 5.32 Å². The Morgan fingerprint density at radius 1 is 1.40 bits per heavy atom. The lowest BCUT2D eigenvalue weighted by Crippen LogP contribution is -2.36. The van der Waals surface area contributed by atoms with Gasteiger partial charge in [-0.3, -0.25) is 14.7 Å². The van der Waals surface area contributed by atoms with E-state index >= 15 is 0 Å². The quantitative estimate of drug-likeness (QED) is 0.612. The van der Waals surface area contributed by atoms with Gasteiger partial charge in [-0.25, -0.2) is 4.79 Å². The van der Waals surface area contributed by atoms with Crippen molar-refractivity contribution in [1.82, 2.24) is 20.1 Å². The molecule has 0 fully saturated rings. The lowest BCUT2D eigenvalue weighted by atomic mass is 10.2. The molecule has 2 aromatic rings. The van der Waals surface area contributed by atoms with Gasteiger partial charge in [0.2, 0.25) is 5.91 Å². The number of nitrogens with zero attached hydrogens (tertiary/aromatic N) is 3. The topological polar surface area (TPSA) is 86.1 Å². The molecule has 1 N–H and O–H groups in total. The zero-order valence-corrected chi connectivity index (χ0v) is 15.3. The van der Waals surface area contributed by atoms with E-state index in [1.165, 1.54) is 18.9 Å². The van der Waals surface area contributed by atoms with Crippen LogP contribution in [-0.4, -0.2) is 39.1 Å². The van der Waals surface area contributed by atoms with Crippen molar-refractivity contribution in [2.24, 2.45) is 0 Å². The molecule has 0 radical (unpaired) electrons. The lowest BCUT2D eigenvalue weighted by molar-refractivity contribution is -0.119. The SMILES string of the molecule is C=CCn1c(S[C@@H](C)C(=O)NC(=O)OC)nnc1-c1ccc(Cl)cc1. The van der Waals surface area contributed by atoms with Crippen LogP contribution in [0.4, 0.5) is 4.79 Å². The van der Waals surface area contributed by atoms with Gasteiger partial charge in [-0.15, -0.1) is 16.8 Å². The third-order valence-corrected chi connectivity index (χ3v) is 4.53. The predicted octanol–water partition coefficient (Wildman–Crippen LogP) is 3.15. The smallest absolute Gasteiger partial charge is 0.413 e. The summed E-state index contributed by atoms with van der Waals surface area (Å²) in [7, 11) is 1.19. The third-order valence-electron chi connectivity index (χ3n) is 3.19. The molecule has 0 unspecified atom stereocenters. The highest BCUT2D eigenvalue weighted by Crippen LogP contribution is 2.27. The number of aromatic nitrogens is 3. The minimum Gasteiger partial charge on any atom is -0.453 e. The van der Waals surface area contributed by atoms with Gasteiger partial charge in [0.1, 0.15) is 0 Å². The highest BCUT2D eigenvalue weighted by Gasteiger charge is 2.22. The van der Waals surface area contributed by atoms with Crippen LogP contribution in [0.2, 0.25) is 5.02 Å². The Kier molecular flexibility index (Phi) is 6.60. The fourth-order valence-corrected chi connectivity index (χ4v) is 2.93. The maximum atomic E-state index is 12.0. The van der Waals surface area contributed by atoms with Crippen LogP contribution in [0.25, 0.3) is 11.4 Å². The van der Waals surface area contributed by atoms with Crippen LogP contribution in [-0.2, 0) is 16.1 Å². The number of alkyl carbamates (subject to hydrolysis) is 1. The Bertz CT molecular complexity index is 776. The Hall–Kier alpha value is -2.32. The molecule has 0 spiro atoms. The predicted molar refractivity (Wildman–Crippen MR) is 96.5 cm³/mol. The van der Waals surface area contributed by atoms with E-state index in [0.717, 1.165) is 5.56 Å². The lowest BCUT2D eigenvalue weighted by Gasteiger charge is -2.12. The number of ether oxygens (including phenoxy) is 1. The number of carbonyl (C=O) groups excluding carboxylic acids is 2. The zero-order valence-electron chi connectivity index (χ0n) is 13.7. The standard InChI is InChI=1S/C16H17ClN4O3S/c1-4-9-21-13(11-5-7-12(17)8-6-11)19-20-15(21)25-10(2)14(22)18-16(23)24-3/h4-8,10H,1,9H2,2-3H3,(H,18,22,23)/t10-/m0/s1. The fraction of sp³-hybridized carbons (Fsp3) is 0.250. The summed E-state index contributed by atoms with van der Waals surface area (Å²) in [6.07, 6.45) is 0.915. The molecular formula is C16H17ClN4O3S. The average molecular weight is 381 g/mol. The Labute approximate surface area is 154 Å². The van der Waals surface area contributed by atoms with Crippen molar-refractivity contribution in [3.63, 3.8) is 0 Å². The second kappa shape index (κ2) is 8.68. The number of hydrogen-bond donors (Lipinski definition) is 1. The number of methoxy groups -OCH3 is 1. The van der Waals surface area contributed by atoms with E-state index in [0.29, 0.717) is 22.5 Å². The first-order valence-electron chi connectivity index (χ1n) is 7.31. The summed E-state index contributed by atoms with van der Waals surface area (Å²) >= 11 is 7.10. The first-order valence-corrected chi connectivity index (χ1v) is 8.57. The van der Waals surface area contributed by atoms with Crippen LogP contribution in [0.5, 0.6) is 0 Å². The highest BCUT2D eigenvalue weighted by molar-refractivity contribution is 8.00. The summed E-state index contributed by atoms with van der Waals surface area (Å²) in [5.74, 6) is 0.165. The fourth-order valence-electron chi connectivity index (χ4n) is 1.95. The van der Waals surface area contributed by atoms with Gasteiger partial charge in [0, 0.05) is 17.1 Å². The van der Waals surface area contributed by atoms with Crippen molar-refractivity contribution in [1.29, 1.82) is 0 Å². The van der Waals surface area contributed by atoms with E-state index in [1.807, 2.05) is 16.7 Å². The normalized spacial score (nSPS) is 11.6. The molecule has 2 amide bonds. The monoisotopic (exact) mass is 380 g/mol. The molecule has 1 aromatic heterocycles. The second-order valence-corrected chi connectivity index (χ2v) is 6.70. The molecular weight excluding hydrogens is 364 g/mol. The first kappa shape index (κ1) is 19.0.